The maximum Gasteiger partial charge on any atom is 0.302 e. The maximum absolute atomic E-state index is 11.2. The van der Waals surface area contributed by atoms with Crippen LogP contribution in [0.2, 0.25) is 0 Å². The molecule has 0 bridgehead atoms. The predicted molar refractivity (Wildman–Crippen MR) is 106 cm³/mol. The highest BCUT2D eigenvalue weighted by molar-refractivity contribution is 6.23. The smallest absolute Gasteiger partial charge is 0.302 e. The first kappa shape index (κ1) is 20.8. The van der Waals surface area contributed by atoms with E-state index >= 15 is 0 Å². The van der Waals surface area contributed by atoms with Gasteiger partial charge in [0.2, 0.25) is 0 Å². The molecule has 1 saturated carbocycles. The van der Waals surface area contributed by atoms with Crippen molar-refractivity contribution in [3.8, 4) is 0 Å². The van der Waals surface area contributed by atoms with Crippen LogP contribution in [0.4, 0.5) is 0 Å². The Balaban J connectivity index is 2.19. The number of carbonyl (C=O) groups is 1. The third-order valence-corrected chi connectivity index (χ3v) is 7.34. The zero-order valence-corrected chi connectivity index (χ0v) is 17.8. The molecule has 0 radical (unpaired) electrons. The van der Waals surface area contributed by atoms with Gasteiger partial charge in [-0.05, 0) is 81.5 Å². The number of halogens is 1. The topological polar surface area (TPSA) is 26.3 Å². The van der Waals surface area contributed by atoms with Crippen molar-refractivity contribution in [3.05, 3.63) is 11.6 Å². The molecule has 0 spiro atoms. The first-order chi connectivity index (χ1) is 11.5. The number of carbonyl (C=O) groups excluding carboxylic acids is 1. The van der Waals surface area contributed by atoms with Crippen LogP contribution in [0.1, 0.15) is 86.5 Å². The van der Waals surface area contributed by atoms with Crippen molar-refractivity contribution < 1.29 is 9.53 Å². The number of hydrogen-bond acceptors (Lipinski definition) is 2. The third-order valence-electron chi connectivity index (χ3n) is 7.15. The molecule has 0 aliphatic heterocycles. The number of allylic oxidation sites excluding steroid dienone is 2. The van der Waals surface area contributed by atoms with E-state index in [-0.39, 0.29) is 21.7 Å². The first-order valence-electron chi connectivity index (χ1n) is 10.0. The van der Waals surface area contributed by atoms with Gasteiger partial charge < -0.3 is 4.74 Å². The summed E-state index contributed by atoms with van der Waals surface area (Å²) in [7, 11) is 0. The number of rotatable bonds is 6. The van der Waals surface area contributed by atoms with Gasteiger partial charge in [0.15, 0.2) is 0 Å². The molecule has 4 atom stereocenters. The quantitative estimate of drug-likeness (QED) is 0.303. The van der Waals surface area contributed by atoms with E-state index in [1.54, 1.807) is 5.57 Å². The lowest BCUT2D eigenvalue weighted by molar-refractivity contribution is -0.142. The second-order valence-corrected chi connectivity index (χ2v) is 10.6. The third kappa shape index (κ3) is 4.81. The minimum atomic E-state index is -0.165. The molecular formula is C22H37ClO2. The Bertz CT molecular complexity index is 519. The summed E-state index contributed by atoms with van der Waals surface area (Å²) in [4.78, 5) is 11.0. The van der Waals surface area contributed by atoms with Crippen LogP contribution in [0.3, 0.4) is 0 Å². The number of esters is 1. The van der Waals surface area contributed by atoms with Gasteiger partial charge in [-0.15, -0.1) is 11.6 Å². The fourth-order valence-electron chi connectivity index (χ4n) is 5.08. The molecule has 3 heteroatoms. The molecule has 0 heterocycles. The van der Waals surface area contributed by atoms with E-state index in [9.17, 15) is 4.79 Å². The average Bonchev–Trinajstić information content (AvgIpc) is 2.49. The second kappa shape index (κ2) is 7.62. The standard InChI is InChI=1S/C22H37ClO2/c1-16-9-10-18-19(22(16,6)13-12-20(3,4)23)8-7-11-21(18,5)14-15-25-17(2)24/h8,16,18H,7,9-15H2,1-6H3/t16-,18+,21-,22+/m1/s1. The molecule has 0 aromatic heterocycles. The van der Waals surface area contributed by atoms with E-state index in [4.69, 9.17) is 16.3 Å². The molecule has 0 N–H and O–H groups in total. The molecule has 0 aromatic carbocycles. The Morgan fingerprint density at radius 3 is 2.60 bits per heavy atom. The van der Waals surface area contributed by atoms with Crippen LogP contribution in [0.5, 0.6) is 0 Å². The van der Waals surface area contributed by atoms with Crippen molar-refractivity contribution >= 4 is 17.6 Å². The average molecular weight is 369 g/mol. The minimum absolute atomic E-state index is 0.135. The summed E-state index contributed by atoms with van der Waals surface area (Å²) < 4.78 is 5.28. The Labute approximate surface area is 159 Å². The van der Waals surface area contributed by atoms with E-state index in [1.165, 1.54) is 26.2 Å². The van der Waals surface area contributed by atoms with Gasteiger partial charge in [0.1, 0.15) is 0 Å². The summed E-state index contributed by atoms with van der Waals surface area (Å²) in [6, 6.07) is 0. The highest BCUT2D eigenvalue weighted by Crippen LogP contribution is 2.59. The fraction of sp³-hybridized carbons (Fsp3) is 0.864. The van der Waals surface area contributed by atoms with Crippen molar-refractivity contribution in [3.63, 3.8) is 0 Å². The normalized spacial score (nSPS) is 35.7. The highest BCUT2D eigenvalue weighted by Gasteiger charge is 2.49. The molecule has 1 fully saturated rings. The van der Waals surface area contributed by atoms with Crippen molar-refractivity contribution in [2.75, 3.05) is 6.61 Å². The van der Waals surface area contributed by atoms with Crippen molar-refractivity contribution in [2.45, 2.75) is 91.4 Å². The lowest BCUT2D eigenvalue weighted by Crippen LogP contribution is -2.45. The molecule has 144 valence electrons. The minimum Gasteiger partial charge on any atom is -0.466 e. The van der Waals surface area contributed by atoms with Gasteiger partial charge in [0.25, 0.3) is 0 Å². The van der Waals surface area contributed by atoms with Gasteiger partial charge in [0, 0.05) is 11.8 Å². The Morgan fingerprint density at radius 2 is 2.00 bits per heavy atom. The summed E-state index contributed by atoms with van der Waals surface area (Å²) >= 11 is 6.52. The zero-order valence-electron chi connectivity index (χ0n) is 17.1. The second-order valence-electron chi connectivity index (χ2n) is 9.61. The first-order valence-corrected chi connectivity index (χ1v) is 10.4. The summed E-state index contributed by atoms with van der Waals surface area (Å²) in [5.74, 6) is 1.16. The van der Waals surface area contributed by atoms with Crippen LogP contribution in [0, 0.1) is 22.7 Å². The summed E-state index contributed by atoms with van der Waals surface area (Å²) in [6.07, 6.45) is 10.6. The summed E-state index contributed by atoms with van der Waals surface area (Å²) in [5.41, 5.74) is 2.17. The lowest BCUT2D eigenvalue weighted by Gasteiger charge is -2.54. The molecule has 2 rings (SSSR count). The molecule has 0 unspecified atom stereocenters. The molecule has 2 aliphatic rings. The van der Waals surface area contributed by atoms with Crippen molar-refractivity contribution in [1.82, 2.24) is 0 Å². The number of ether oxygens (including phenoxy) is 1. The van der Waals surface area contributed by atoms with Gasteiger partial charge >= 0.3 is 5.97 Å². The Kier molecular flexibility index (Phi) is 6.35. The van der Waals surface area contributed by atoms with Crippen LogP contribution >= 0.6 is 11.6 Å². The molecule has 0 saturated heterocycles. The maximum atomic E-state index is 11.2. The van der Waals surface area contributed by atoms with Crippen molar-refractivity contribution in [2.24, 2.45) is 22.7 Å². The van der Waals surface area contributed by atoms with Crippen LogP contribution in [0.15, 0.2) is 11.6 Å². The van der Waals surface area contributed by atoms with E-state index in [2.05, 4.69) is 40.7 Å². The molecule has 2 aliphatic carbocycles. The SMILES string of the molecule is CC(=O)OCC[C@@]1(C)CCC=C2[C@@H]1CC[C@@H](C)[C@]2(C)CCC(C)(C)Cl. The Hall–Kier alpha value is -0.500. The number of hydrogen-bond donors (Lipinski definition) is 0. The molecule has 0 aromatic rings. The van der Waals surface area contributed by atoms with Gasteiger partial charge in [-0.2, -0.15) is 0 Å². The van der Waals surface area contributed by atoms with Gasteiger partial charge in [-0.1, -0.05) is 32.4 Å². The van der Waals surface area contributed by atoms with E-state index < -0.39 is 0 Å². The largest absolute Gasteiger partial charge is 0.466 e. The van der Waals surface area contributed by atoms with Crippen LogP contribution in [-0.2, 0) is 9.53 Å². The highest BCUT2D eigenvalue weighted by atomic mass is 35.5. The van der Waals surface area contributed by atoms with Crippen LogP contribution in [-0.4, -0.2) is 17.5 Å². The summed E-state index contributed by atoms with van der Waals surface area (Å²) in [6.45, 7) is 13.6. The molecular weight excluding hydrogens is 332 g/mol. The van der Waals surface area contributed by atoms with Gasteiger partial charge in [0.05, 0.1) is 6.61 Å². The molecule has 2 nitrogen and oxygen atoms in total. The van der Waals surface area contributed by atoms with E-state index in [1.807, 2.05) is 0 Å². The Morgan fingerprint density at radius 1 is 1.32 bits per heavy atom. The van der Waals surface area contributed by atoms with Gasteiger partial charge in [-0.25, -0.2) is 0 Å². The monoisotopic (exact) mass is 368 g/mol. The van der Waals surface area contributed by atoms with E-state index in [0.717, 1.165) is 25.7 Å². The van der Waals surface area contributed by atoms with E-state index in [0.29, 0.717) is 18.4 Å². The van der Waals surface area contributed by atoms with Crippen molar-refractivity contribution in [1.29, 1.82) is 0 Å². The van der Waals surface area contributed by atoms with Crippen LogP contribution < -0.4 is 0 Å². The zero-order chi connectivity index (χ0) is 18.9. The molecule has 25 heavy (non-hydrogen) atoms. The number of fused-ring (bicyclic) bond motifs is 1. The number of alkyl halides is 1. The lowest BCUT2D eigenvalue weighted by atomic mass is 9.51. The summed E-state index contributed by atoms with van der Waals surface area (Å²) in [5, 5.41) is 0. The predicted octanol–water partition coefficient (Wildman–Crippen LogP) is 6.52. The van der Waals surface area contributed by atoms with Crippen LogP contribution in [0.25, 0.3) is 0 Å². The fourth-order valence-corrected chi connectivity index (χ4v) is 5.17. The molecule has 0 amide bonds. The van der Waals surface area contributed by atoms with Gasteiger partial charge in [-0.3, -0.25) is 4.79 Å².